The Balaban J connectivity index is 1.42. The monoisotopic (exact) mass is 368 g/mol. The molecule has 142 valence electrons. The number of aryl methyl sites for hydroxylation is 1. The SMILES string of the molecule is CC(C)c1nc(NC(=O)CCCCCn2cnc3ccccc3c2=O)n[nH]1. The van der Waals surface area contributed by atoms with Crippen molar-refractivity contribution in [3.8, 4) is 0 Å². The standard InChI is InChI=1S/C19H24N6O2/c1-13(2)17-22-19(24-23-17)21-16(26)10-4-3-7-11-25-12-20-15-9-6-5-8-14(15)18(25)27/h5-6,8-9,12-13H,3-4,7,10-11H2,1-2H3,(H2,21,22,23,24,26). The number of carbonyl (C=O) groups excluding carboxylic acids is 1. The Labute approximate surface area is 157 Å². The van der Waals surface area contributed by atoms with Gasteiger partial charge < -0.3 is 0 Å². The number of aromatic nitrogens is 5. The van der Waals surface area contributed by atoms with Gasteiger partial charge in [0.25, 0.3) is 5.56 Å². The Hall–Kier alpha value is -3.03. The van der Waals surface area contributed by atoms with Gasteiger partial charge in [-0.25, -0.2) is 4.98 Å². The molecular weight excluding hydrogens is 344 g/mol. The summed E-state index contributed by atoms with van der Waals surface area (Å²) >= 11 is 0. The number of amides is 1. The Morgan fingerprint density at radius 3 is 2.81 bits per heavy atom. The second-order valence-electron chi connectivity index (χ2n) is 6.82. The summed E-state index contributed by atoms with van der Waals surface area (Å²) in [7, 11) is 0. The second kappa shape index (κ2) is 8.57. The fourth-order valence-electron chi connectivity index (χ4n) is 2.79. The molecule has 8 nitrogen and oxygen atoms in total. The average Bonchev–Trinajstić information content (AvgIpc) is 3.12. The summed E-state index contributed by atoms with van der Waals surface area (Å²) in [5.41, 5.74) is 0.687. The first kappa shape index (κ1) is 18.8. The molecule has 0 bridgehead atoms. The van der Waals surface area contributed by atoms with E-state index in [1.807, 2.05) is 32.0 Å². The largest absolute Gasteiger partial charge is 0.299 e. The molecule has 0 atom stereocenters. The van der Waals surface area contributed by atoms with Crippen molar-refractivity contribution in [3.63, 3.8) is 0 Å². The number of hydrogen-bond acceptors (Lipinski definition) is 5. The number of nitrogens with zero attached hydrogens (tertiary/aromatic N) is 4. The number of nitrogens with one attached hydrogen (secondary N) is 2. The Bertz CT molecular complexity index is 975. The smallest absolute Gasteiger partial charge is 0.261 e. The molecule has 0 aliphatic heterocycles. The lowest BCUT2D eigenvalue weighted by molar-refractivity contribution is -0.116. The second-order valence-corrected chi connectivity index (χ2v) is 6.82. The topological polar surface area (TPSA) is 106 Å². The number of carbonyl (C=O) groups is 1. The molecule has 0 aliphatic carbocycles. The fourth-order valence-corrected chi connectivity index (χ4v) is 2.79. The van der Waals surface area contributed by atoms with Crippen LogP contribution in [0.5, 0.6) is 0 Å². The van der Waals surface area contributed by atoms with E-state index in [1.54, 1.807) is 17.0 Å². The highest BCUT2D eigenvalue weighted by molar-refractivity contribution is 5.88. The maximum absolute atomic E-state index is 12.4. The van der Waals surface area contributed by atoms with Crippen molar-refractivity contribution in [1.29, 1.82) is 0 Å². The maximum atomic E-state index is 12.4. The van der Waals surface area contributed by atoms with Crippen LogP contribution in [0.2, 0.25) is 0 Å². The lowest BCUT2D eigenvalue weighted by Crippen LogP contribution is -2.20. The summed E-state index contributed by atoms with van der Waals surface area (Å²) in [6.45, 7) is 4.60. The molecule has 2 heterocycles. The zero-order valence-corrected chi connectivity index (χ0v) is 15.6. The van der Waals surface area contributed by atoms with E-state index in [-0.39, 0.29) is 17.4 Å². The van der Waals surface area contributed by atoms with Crippen molar-refractivity contribution >= 4 is 22.8 Å². The number of para-hydroxylation sites is 1. The van der Waals surface area contributed by atoms with Gasteiger partial charge in [-0.05, 0) is 25.0 Å². The Morgan fingerprint density at radius 2 is 2.04 bits per heavy atom. The van der Waals surface area contributed by atoms with Gasteiger partial charge in [0, 0.05) is 18.9 Å². The fraction of sp³-hybridized carbons (Fsp3) is 0.421. The minimum atomic E-state index is -0.103. The van der Waals surface area contributed by atoms with E-state index >= 15 is 0 Å². The Morgan fingerprint density at radius 1 is 1.22 bits per heavy atom. The van der Waals surface area contributed by atoms with Crippen LogP contribution in [-0.2, 0) is 11.3 Å². The molecule has 8 heteroatoms. The molecule has 0 aliphatic rings. The molecule has 0 radical (unpaired) electrons. The normalized spacial score (nSPS) is 11.2. The summed E-state index contributed by atoms with van der Waals surface area (Å²) in [5.74, 6) is 1.20. The first-order chi connectivity index (χ1) is 13.0. The minimum Gasteiger partial charge on any atom is -0.299 e. The summed E-state index contributed by atoms with van der Waals surface area (Å²) in [6, 6.07) is 7.33. The lowest BCUT2D eigenvalue weighted by atomic mass is 10.2. The number of H-pyrrole nitrogens is 1. The number of hydrogen-bond donors (Lipinski definition) is 2. The molecule has 0 spiro atoms. The predicted octanol–water partition coefficient (Wildman–Crippen LogP) is 2.84. The van der Waals surface area contributed by atoms with Crippen LogP contribution < -0.4 is 10.9 Å². The van der Waals surface area contributed by atoms with Crippen molar-refractivity contribution in [2.45, 2.75) is 52.0 Å². The average molecular weight is 368 g/mol. The third kappa shape index (κ3) is 4.78. The maximum Gasteiger partial charge on any atom is 0.261 e. The quantitative estimate of drug-likeness (QED) is 0.595. The lowest BCUT2D eigenvalue weighted by Gasteiger charge is -2.06. The summed E-state index contributed by atoms with van der Waals surface area (Å²) < 4.78 is 1.63. The number of unbranched alkanes of at least 4 members (excludes halogenated alkanes) is 2. The summed E-state index contributed by atoms with van der Waals surface area (Å²) in [4.78, 5) is 32.9. The van der Waals surface area contributed by atoms with Gasteiger partial charge in [0.15, 0.2) is 0 Å². The van der Waals surface area contributed by atoms with Gasteiger partial charge in [-0.15, -0.1) is 5.10 Å². The summed E-state index contributed by atoms with van der Waals surface area (Å²) in [6.07, 6.45) is 4.38. The molecule has 1 amide bonds. The molecule has 3 rings (SSSR count). The van der Waals surface area contributed by atoms with Gasteiger partial charge in [0.2, 0.25) is 11.9 Å². The zero-order chi connectivity index (χ0) is 19.2. The van der Waals surface area contributed by atoms with Crippen molar-refractivity contribution in [3.05, 3.63) is 46.8 Å². The first-order valence-electron chi connectivity index (χ1n) is 9.21. The molecule has 0 saturated heterocycles. The molecule has 0 saturated carbocycles. The third-order valence-electron chi connectivity index (χ3n) is 4.34. The first-order valence-corrected chi connectivity index (χ1v) is 9.21. The van der Waals surface area contributed by atoms with E-state index in [2.05, 4.69) is 25.5 Å². The highest BCUT2D eigenvalue weighted by atomic mass is 16.1. The van der Waals surface area contributed by atoms with Crippen LogP contribution in [-0.4, -0.2) is 30.6 Å². The van der Waals surface area contributed by atoms with Gasteiger partial charge in [-0.3, -0.25) is 24.6 Å². The van der Waals surface area contributed by atoms with Crippen LogP contribution in [0.25, 0.3) is 10.9 Å². The van der Waals surface area contributed by atoms with Crippen LogP contribution in [0.15, 0.2) is 35.4 Å². The third-order valence-corrected chi connectivity index (χ3v) is 4.34. The van der Waals surface area contributed by atoms with E-state index in [0.717, 1.165) is 25.1 Å². The van der Waals surface area contributed by atoms with E-state index in [4.69, 9.17) is 0 Å². The van der Waals surface area contributed by atoms with Gasteiger partial charge in [0.1, 0.15) is 5.82 Å². The van der Waals surface area contributed by atoms with Crippen molar-refractivity contribution in [2.24, 2.45) is 0 Å². The highest BCUT2D eigenvalue weighted by Crippen LogP contribution is 2.11. The van der Waals surface area contributed by atoms with Crippen LogP contribution >= 0.6 is 0 Å². The molecule has 2 aromatic heterocycles. The van der Waals surface area contributed by atoms with Crippen LogP contribution in [0.1, 0.15) is 51.3 Å². The number of anilines is 1. The van der Waals surface area contributed by atoms with E-state index in [1.165, 1.54) is 0 Å². The van der Waals surface area contributed by atoms with Crippen molar-refractivity contribution < 1.29 is 4.79 Å². The molecule has 0 unspecified atom stereocenters. The number of rotatable bonds is 8. The number of aromatic amines is 1. The van der Waals surface area contributed by atoms with Gasteiger partial charge in [-0.2, -0.15) is 4.98 Å². The molecule has 0 fully saturated rings. The molecule has 1 aromatic carbocycles. The summed E-state index contributed by atoms with van der Waals surface area (Å²) in [5, 5.41) is 10.1. The molecular formula is C19H24N6O2. The van der Waals surface area contributed by atoms with Crippen molar-refractivity contribution in [2.75, 3.05) is 5.32 Å². The Kier molecular flexibility index (Phi) is 5.95. The zero-order valence-electron chi connectivity index (χ0n) is 15.6. The van der Waals surface area contributed by atoms with Crippen LogP contribution in [0.4, 0.5) is 5.95 Å². The number of fused-ring (bicyclic) bond motifs is 1. The minimum absolute atomic E-state index is 0.0242. The molecule has 3 aromatic rings. The van der Waals surface area contributed by atoms with E-state index in [9.17, 15) is 9.59 Å². The van der Waals surface area contributed by atoms with Crippen LogP contribution in [0.3, 0.4) is 0 Å². The van der Waals surface area contributed by atoms with Gasteiger partial charge >= 0.3 is 0 Å². The van der Waals surface area contributed by atoms with E-state index < -0.39 is 0 Å². The highest BCUT2D eigenvalue weighted by Gasteiger charge is 2.09. The van der Waals surface area contributed by atoms with Gasteiger partial charge in [-0.1, -0.05) is 32.4 Å². The van der Waals surface area contributed by atoms with Crippen LogP contribution in [0, 0.1) is 0 Å². The molecule has 2 N–H and O–H groups in total. The molecule has 27 heavy (non-hydrogen) atoms. The number of benzene rings is 1. The van der Waals surface area contributed by atoms with Crippen molar-refractivity contribution in [1.82, 2.24) is 24.7 Å². The predicted molar refractivity (Wildman–Crippen MR) is 104 cm³/mol. The van der Waals surface area contributed by atoms with E-state index in [0.29, 0.717) is 29.8 Å². The van der Waals surface area contributed by atoms with Gasteiger partial charge in [0.05, 0.1) is 17.2 Å².